The molecule has 5 heteroatoms. The van der Waals surface area contributed by atoms with Crippen molar-refractivity contribution < 1.29 is 9.59 Å². The Kier molecular flexibility index (Phi) is 5.62. The van der Waals surface area contributed by atoms with Gasteiger partial charge in [0.2, 0.25) is 5.91 Å². The van der Waals surface area contributed by atoms with Crippen LogP contribution in [0.2, 0.25) is 0 Å². The van der Waals surface area contributed by atoms with Crippen molar-refractivity contribution in [1.82, 2.24) is 0 Å². The molecule has 2 aliphatic rings. The van der Waals surface area contributed by atoms with Crippen LogP contribution in [0, 0.1) is 0 Å². The van der Waals surface area contributed by atoms with Gasteiger partial charge >= 0.3 is 0 Å². The summed E-state index contributed by atoms with van der Waals surface area (Å²) in [4.78, 5) is 30.5. The molecular weight excluding hydrogens is 374 g/mol. The van der Waals surface area contributed by atoms with Gasteiger partial charge in [-0.2, -0.15) is 0 Å². The third-order valence-corrected chi connectivity index (χ3v) is 5.89. The van der Waals surface area contributed by atoms with Crippen LogP contribution >= 0.6 is 0 Å². The molecule has 0 saturated heterocycles. The second kappa shape index (κ2) is 8.34. The number of rotatable bonds is 4. The lowest BCUT2D eigenvalue weighted by molar-refractivity contribution is -0.119. The molecule has 1 heterocycles. The molecule has 4 rings (SSSR count). The molecule has 0 fully saturated rings. The van der Waals surface area contributed by atoms with Crippen LogP contribution in [0.3, 0.4) is 0 Å². The fourth-order valence-corrected chi connectivity index (χ4v) is 4.41. The summed E-state index contributed by atoms with van der Waals surface area (Å²) in [5, 5.41) is 3.50. The molecule has 2 aromatic carbocycles. The number of nitrogens with one attached hydrogen (secondary N) is 1. The maximum atomic E-state index is 13.4. The van der Waals surface area contributed by atoms with E-state index in [0.717, 1.165) is 53.2 Å². The van der Waals surface area contributed by atoms with Gasteiger partial charge in [-0.1, -0.05) is 31.2 Å². The van der Waals surface area contributed by atoms with Crippen LogP contribution in [0.15, 0.2) is 59.8 Å². The fraction of sp³-hybridized carbons (Fsp3) is 0.360. The molecule has 1 N–H and O–H groups in total. The largest absolute Gasteiger partial charge is 0.378 e. The van der Waals surface area contributed by atoms with Gasteiger partial charge < -0.3 is 10.2 Å². The molecular formula is C25H29N3O2. The molecule has 0 saturated carbocycles. The lowest BCUT2D eigenvalue weighted by atomic mass is 9.85. The summed E-state index contributed by atoms with van der Waals surface area (Å²) in [6.45, 7) is 2.01. The number of Topliss-reactive ketones (excluding diaryl/α,β-unsaturated/α-hetero) is 1. The number of benzene rings is 2. The van der Waals surface area contributed by atoms with Crippen LogP contribution in [-0.2, 0) is 9.59 Å². The highest BCUT2D eigenvalue weighted by atomic mass is 16.2. The number of para-hydroxylation sites is 2. The zero-order chi connectivity index (χ0) is 21.3. The third kappa shape index (κ3) is 3.60. The molecule has 2 aromatic rings. The highest BCUT2D eigenvalue weighted by Gasteiger charge is 2.39. The van der Waals surface area contributed by atoms with Crippen molar-refractivity contribution in [2.45, 2.75) is 45.1 Å². The molecule has 156 valence electrons. The average molecular weight is 404 g/mol. The minimum atomic E-state index is -0.417. The number of carbonyl (C=O) groups is 2. The minimum absolute atomic E-state index is 0.0422. The smallest absolute Gasteiger partial charge is 0.227 e. The second-order valence-electron chi connectivity index (χ2n) is 8.21. The monoisotopic (exact) mass is 403 g/mol. The number of allylic oxidation sites excluding steroid dienone is 1. The van der Waals surface area contributed by atoms with Crippen molar-refractivity contribution in [2.24, 2.45) is 0 Å². The Balaban J connectivity index is 1.94. The summed E-state index contributed by atoms with van der Waals surface area (Å²) in [6.07, 6.45) is 3.38. The molecule has 1 aliphatic carbocycles. The SMILES string of the molecule is CCCC(=O)N1c2ccccc2NC2=C(C(=O)CCC2)[C@H]1c1ccc(N(C)C)cc1. The summed E-state index contributed by atoms with van der Waals surface area (Å²) in [5.41, 5.74) is 5.45. The molecule has 0 bridgehead atoms. The van der Waals surface area contributed by atoms with Crippen molar-refractivity contribution in [2.75, 3.05) is 29.2 Å². The van der Waals surface area contributed by atoms with Crippen LogP contribution < -0.4 is 15.1 Å². The summed E-state index contributed by atoms with van der Waals surface area (Å²) in [6, 6.07) is 15.7. The molecule has 30 heavy (non-hydrogen) atoms. The Bertz CT molecular complexity index is 992. The first-order valence-corrected chi connectivity index (χ1v) is 10.7. The second-order valence-corrected chi connectivity index (χ2v) is 8.21. The van der Waals surface area contributed by atoms with E-state index in [2.05, 4.69) is 17.4 Å². The highest BCUT2D eigenvalue weighted by molar-refractivity contribution is 6.06. The van der Waals surface area contributed by atoms with Crippen LogP contribution in [0.1, 0.15) is 50.6 Å². The highest BCUT2D eigenvalue weighted by Crippen LogP contribution is 2.45. The number of nitrogens with zero attached hydrogens (tertiary/aromatic N) is 2. The molecule has 0 radical (unpaired) electrons. The Morgan fingerprint density at radius 2 is 1.83 bits per heavy atom. The van der Waals surface area contributed by atoms with E-state index >= 15 is 0 Å². The van der Waals surface area contributed by atoms with E-state index in [0.29, 0.717) is 12.8 Å². The standard InChI is InChI=1S/C25H29N3O2/c1-4-8-23(30)28-21-11-6-5-9-19(21)26-20-10-7-12-22(29)24(20)25(28)17-13-15-18(16-14-17)27(2)3/h5-6,9,11,13-16,25-26H,4,7-8,10,12H2,1-3H3/t25-/m1/s1. The van der Waals surface area contributed by atoms with Crippen LogP contribution in [0.5, 0.6) is 0 Å². The molecule has 1 atom stereocenters. The van der Waals surface area contributed by atoms with Crippen molar-refractivity contribution in [3.63, 3.8) is 0 Å². The van der Waals surface area contributed by atoms with Crippen molar-refractivity contribution in [1.29, 1.82) is 0 Å². The Hall–Kier alpha value is -3.08. The topological polar surface area (TPSA) is 52.7 Å². The molecule has 5 nitrogen and oxygen atoms in total. The summed E-state index contributed by atoms with van der Waals surface area (Å²) >= 11 is 0. The number of hydrogen-bond donors (Lipinski definition) is 1. The fourth-order valence-electron chi connectivity index (χ4n) is 4.41. The zero-order valence-corrected chi connectivity index (χ0v) is 17.9. The minimum Gasteiger partial charge on any atom is -0.378 e. The Morgan fingerprint density at radius 1 is 1.10 bits per heavy atom. The van der Waals surface area contributed by atoms with Crippen LogP contribution in [-0.4, -0.2) is 25.8 Å². The van der Waals surface area contributed by atoms with Crippen LogP contribution in [0.4, 0.5) is 17.1 Å². The van der Waals surface area contributed by atoms with Gasteiger partial charge in [-0.05, 0) is 49.1 Å². The van der Waals surface area contributed by atoms with Gasteiger partial charge in [0.25, 0.3) is 0 Å². The van der Waals surface area contributed by atoms with E-state index < -0.39 is 6.04 Å². The van der Waals surface area contributed by atoms with Crippen LogP contribution in [0.25, 0.3) is 0 Å². The maximum absolute atomic E-state index is 13.4. The van der Waals surface area contributed by atoms with E-state index in [1.54, 1.807) is 0 Å². The van der Waals surface area contributed by atoms with E-state index in [9.17, 15) is 9.59 Å². The van der Waals surface area contributed by atoms with E-state index in [4.69, 9.17) is 0 Å². The van der Waals surface area contributed by atoms with Gasteiger partial charge in [-0.3, -0.25) is 14.5 Å². The molecule has 1 aliphatic heterocycles. The summed E-state index contributed by atoms with van der Waals surface area (Å²) in [7, 11) is 4.01. The summed E-state index contributed by atoms with van der Waals surface area (Å²) in [5.74, 6) is 0.174. The normalized spacial score (nSPS) is 18.3. The molecule has 0 aromatic heterocycles. The molecule has 0 unspecified atom stereocenters. The first-order chi connectivity index (χ1) is 14.5. The van der Waals surface area contributed by atoms with E-state index in [1.807, 2.05) is 67.2 Å². The summed E-state index contributed by atoms with van der Waals surface area (Å²) < 4.78 is 0. The predicted octanol–water partition coefficient (Wildman–Crippen LogP) is 5.06. The predicted molar refractivity (Wildman–Crippen MR) is 122 cm³/mol. The Morgan fingerprint density at radius 3 is 2.53 bits per heavy atom. The van der Waals surface area contributed by atoms with Gasteiger partial charge in [0.15, 0.2) is 5.78 Å². The first-order valence-electron chi connectivity index (χ1n) is 10.7. The molecule has 1 amide bonds. The van der Waals surface area contributed by atoms with Gasteiger partial charge in [0, 0.05) is 43.9 Å². The lowest BCUT2D eigenvalue weighted by Gasteiger charge is -2.34. The van der Waals surface area contributed by atoms with Gasteiger partial charge in [-0.25, -0.2) is 0 Å². The van der Waals surface area contributed by atoms with Gasteiger partial charge in [0.05, 0.1) is 17.4 Å². The lowest BCUT2D eigenvalue weighted by Crippen LogP contribution is -2.37. The number of amides is 1. The zero-order valence-electron chi connectivity index (χ0n) is 17.9. The van der Waals surface area contributed by atoms with Gasteiger partial charge in [0.1, 0.15) is 0 Å². The number of ketones is 1. The number of hydrogen-bond acceptors (Lipinski definition) is 4. The number of fused-ring (bicyclic) bond motifs is 1. The number of anilines is 3. The van der Waals surface area contributed by atoms with Gasteiger partial charge in [-0.15, -0.1) is 0 Å². The van der Waals surface area contributed by atoms with Crippen molar-refractivity contribution in [3.05, 3.63) is 65.4 Å². The van der Waals surface area contributed by atoms with Crippen molar-refractivity contribution >= 4 is 28.8 Å². The third-order valence-electron chi connectivity index (χ3n) is 5.89. The van der Waals surface area contributed by atoms with Crippen molar-refractivity contribution in [3.8, 4) is 0 Å². The first kappa shape index (κ1) is 20.2. The number of carbonyl (C=O) groups excluding carboxylic acids is 2. The maximum Gasteiger partial charge on any atom is 0.227 e. The quantitative estimate of drug-likeness (QED) is 0.775. The van der Waals surface area contributed by atoms with E-state index in [-0.39, 0.29) is 11.7 Å². The average Bonchev–Trinajstić information content (AvgIpc) is 2.89. The van der Waals surface area contributed by atoms with E-state index in [1.165, 1.54) is 0 Å². The Labute approximate surface area is 178 Å². The molecule has 0 spiro atoms.